The van der Waals surface area contributed by atoms with Crippen molar-refractivity contribution in [3.8, 4) is 5.75 Å². The van der Waals surface area contributed by atoms with Gasteiger partial charge in [0.1, 0.15) is 5.75 Å². The average Bonchev–Trinajstić information content (AvgIpc) is 3.30. The number of carbonyl (C=O) groups is 1. The normalized spacial score (nSPS) is 16.1. The maximum atomic E-state index is 13.2. The van der Waals surface area contributed by atoms with Crippen molar-refractivity contribution >= 4 is 33.7 Å². The summed E-state index contributed by atoms with van der Waals surface area (Å²) in [6, 6.07) is 13.6. The number of piperidine rings is 1. The van der Waals surface area contributed by atoms with Crippen molar-refractivity contribution in [1.82, 2.24) is 19.9 Å². The molecule has 0 unspecified atom stereocenters. The van der Waals surface area contributed by atoms with Crippen LogP contribution in [0.3, 0.4) is 0 Å². The van der Waals surface area contributed by atoms with Gasteiger partial charge in [0, 0.05) is 43.3 Å². The topological polar surface area (TPSA) is 92.2 Å². The summed E-state index contributed by atoms with van der Waals surface area (Å²) in [5.74, 6) is 1.11. The van der Waals surface area contributed by atoms with Gasteiger partial charge in [-0.2, -0.15) is 0 Å². The Labute approximate surface area is 203 Å². The fourth-order valence-electron chi connectivity index (χ4n) is 5.04. The van der Waals surface area contributed by atoms with E-state index < -0.39 is 0 Å². The minimum atomic E-state index is -0.172. The maximum Gasteiger partial charge on any atom is 0.293 e. The average molecular weight is 474 g/mol. The summed E-state index contributed by atoms with van der Waals surface area (Å²) in [5.41, 5.74) is 3.73. The van der Waals surface area contributed by atoms with Crippen molar-refractivity contribution in [3.05, 3.63) is 64.6 Å². The lowest BCUT2D eigenvalue weighted by Crippen LogP contribution is -2.46. The smallest absolute Gasteiger partial charge is 0.293 e. The Morgan fingerprint density at radius 3 is 2.94 bits per heavy atom. The summed E-state index contributed by atoms with van der Waals surface area (Å²) < 4.78 is 7.11. The Kier molecular flexibility index (Phi) is 6.44. The molecule has 2 N–H and O–H groups in total. The first-order valence-electron chi connectivity index (χ1n) is 12.2. The SMILES string of the molecule is CCn1c(=O)c(N2CCC[C@H](C(=O)NCCc3c[nH]c4ccc(OC)cc34)C2)nc2ccccc21. The predicted octanol–water partition coefficient (Wildman–Crippen LogP) is 3.48. The third kappa shape index (κ3) is 4.48. The molecule has 5 rings (SSSR count). The van der Waals surface area contributed by atoms with E-state index in [4.69, 9.17) is 4.74 Å². The molecule has 0 radical (unpaired) electrons. The molecule has 1 fully saturated rings. The predicted molar refractivity (Wildman–Crippen MR) is 138 cm³/mol. The molecular formula is C27H31N5O3. The number of nitrogens with zero attached hydrogens (tertiary/aromatic N) is 3. The second-order valence-electron chi connectivity index (χ2n) is 9.03. The second-order valence-corrected chi connectivity index (χ2v) is 9.03. The van der Waals surface area contributed by atoms with Gasteiger partial charge >= 0.3 is 0 Å². The molecule has 0 spiro atoms. The fraction of sp³-hybridized carbons (Fsp3) is 0.370. The molecule has 4 aromatic rings. The van der Waals surface area contributed by atoms with Crippen molar-refractivity contribution in [2.75, 3.05) is 31.6 Å². The van der Waals surface area contributed by atoms with Crippen LogP contribution in [-0.4, -0.2) is 47.2 Å². The zero-order chi connectivity index (χ0) is 24.4. The van der Waals surface area contributed by atoms with E-state index in [-0.39, 0.29) is 17.4 Å². The monoisotopic (exact) mass is 473 g/mol. The van der Waals surface area contributed by atoms with E-state index in [1.54, 1.807) is 11.7 Å². The van der Waals surface area contributed by atoms with Crippen LogP contribution in [0.5, 0.6) is 5.75 Å². The highest BCUT2D eigenvalue weighted by atomic mass is 16.5. The highest BCUT2D eigenvalue weighted by molar-refractivity contribution is 5.85. The first kappa shape index (κ1) is 23.0. The number of anilines is 1. The zero-order valence-corrected chi connectivity index (χ0v) is 20.2. The summed E-state index contributed by atoms with van der Waals surface area (Å²) >= 11 is 0. The molecule has 2 aromatic carbocycles. The molecule has 0 aliphatic carbocycles. The maximum absolute atomic E-state index is 13.2. The van der Waals surface area contributed by atoms with Crippen LogP contribution in [0.4, 0.5) is 5.82 Å². The third-order valence-electron chi connectivity index (χ3n) is 6.91. The highest BCUT2D eigenvalue weighted by Gasteiger charge is 2.28. The summed E-state index contributed by atoms with van der Waals surface area (Å²) in [5, 5.41) is 4.22. The van der Waals surface area contributed by atoms with Crippen LogP contribution in [0, 0.1) is 5.92 Å². The molecule has 0 bridgehead atoms. The molecule has 8 nitrogen and oxygen atoms in total. The molecule has 1 saturated heterocycles. The Morgan fingerprint density at radius 1 is 1.26 bits per heavy atom. The Hall–Kier alpha value is -3.81. The van der Waals surface area contributed by atoms with Gasteiger partial charge in [-0.05, 0) is 62.1 Å². The van der Waals surface area contributed by atoms with Crippen LogP contribution in [0.15, 0.2) is 53.5 Å². The number of methoxy groups -OCH3 is 1. The number of H-pyrrole nitrogens is 1. The molecule has 3 heterocycles. The number of para-hydroxylation sites is 2. The summed E-state index contributed by atoms with van der Waals surface area (Å²) in [7, 11) is 1.66. The molecule has 182 valence electrons. The van der Waals surface area contributed by atoms with Crippen molar-refractivity contribution in [3.63, 3.8) is 0 Å². The lowest BCUT2D eigenvalue weighted by molar-refractivity contribution is -0.125. The van der Waals surface area contributed by atoms with Gasteiger partial charge < -0.3 is 24.5 Å². The summed E-state index contributed by atoms with van der Waals surface area (Å²) in [4.78, 5) is 36.2. The minimum Gasteiger partial charge on any atom is -0.497 e. The van der Waals surface area contributed by atoms with Gasteiger partial charge in [-0.3, -0.25) is 9.59 Å². The third-order valence-corrected chi connectivity index (χ3v) is 6.91. The molecule has 1 aliphatic rings. The van der Waals surface area contributed by atoms with Crippen molar-refractivity contribution in [2.24, 2.45) is 5.92 Å². The van der Waals surface area contributed by atoms with E-state index in [1.807, 2.05) is 60.5 Å². The lowest BCUT2D eigenvalue weighted by atomic mass is 9.97. The molecule has 1 aliphatic heterocycles. The minimum absolute atomic E-state index is 0.0312. The number of benzene rings is 2. The molecule has 1 atom stereocenters. The van der Waals surface area contributed by atoms with Gasteiger partial charge in [-0.15, -0.1) is 0 Å². The Bertz CT molecular complexity index is 1420. The fourth-order valence-corrected chi connectivity index (χ4v) is 5.04. The van der Waals surface area contributed by atoms with E-state index in [9.17, 15) is 9.59 Å². The van der Waals surface area contributed by atoms with Crippen LogP contribution in [-0.2, 0) is 17.8 Å². The molecular weight excluding hydrogens is 442 g/mol. The van der Waals surface area contributed by atoms with Crippen LogP contribution in [0.25, 0.3) is 21.9 Å². The number of hydrogen-bond acceptors (Lipinski definition) is 5. The molecule has 0 saturated carbocycles. The van der Waals surface area contributed by atoms with E-state index in [0.717, 1.165) is 59.1 Å². The zero-order valence-electron chi connectivity index (χ0n) is 20.2. The molecule has 35 heavy (non-hydrogen) atoms. The number of nitrogens with one attached hydrogen (secondary N) is 2. The number of carbonyl (C=O) groups excluding carboxylic acids is 1. The van der Waals surface area contributed by atoms with Gasteiger partial charge in [-0.25, -0.2) is 4.98 Å². The largest absolute Gasteiger partial charge is 0.497 e. The number of fused-ring (bicyclic) bond motifs is 2. The van der Waals surface area contributed by atoms with Crippen molar-refractivity contribution in [2.45, 2.75) is 32.7 Å². The number of aryl methyl sites for hydroxylation is 1. The number of amides is 1. The summed E-state index contributed by atoms with van der Waals surface area (Å²) in [6.45, 7) is 4.32. The second kappa shape index (κ2) is 9.82. The number of aromatic nitrogens is 3. The molecule has 2 aromatic heterocycles. The van der Waals surface area contributed by atoms with Gasteiger partial charge in [0.2, 0.25) is 5.91 Å². The van der Waals surface area contributed by atoms with Crippen LogP contribution in [0.1, 0.15) is 25.3 Å². The molecule has 8 heteroatoms. The van der Waals surface area contributed by atoms with E-state index >= 15 is 0 Å². The number of rotatable bonds is 7. The lowest BCUT2D eigenvalue weighted by Gasteiger charge is -2.32. The van der Waals surface area contributed by atoms with Crippen LogP contribution in [0.2, 0.25) is 0 Å². The first-order chi connectivity index (χ1) is 17.1. The van der Waals surface area contributed by atoms with Gasteiger partial charge in [0.15, 0.2) is 5.82 Å². The Morgan fingerprint density at radius 2 is 2.11 bits per heavy atom. The van der Waals surface area contributed by atoms with E-state index in [2.05, 4.69) is 15.3 Å². The Balaban J connectivity index is 1.26. The van der Waals surface area contributed by atoms with E-state index in [0.29, 0.717) is 25.5 Å². The van der Waals surface area contributed by atoms with Crippen molar-refractivity contribution in [1.29, 1.82) is 0 Å². The summed E-state index contributed by atoms with van der Waals surface area (Å²) in [6.07, 6.45) is 4.37. The van der Waals surface area contributed by atoms with Gasteiger partial charge in [-0.1, -0.05) is 12.1 Å². The van der Waals surface area contributed by atoms with Gasteiger partial charge in [0.05, 0.1) is 24.1 Å². The van der Waals surface area contributed by atoms with Crippen molar-refractivity contribution < 1.29 is 9.53 Å². The number of ether oxygens (including phenoxy) is 1. The number of aromatic amines is 1. The van der Waals surface area contributed by atoms with Crippen LogP contribution < -0.4 is 20.5 Å². The standard InChI is InChI=1S/C27H31N5O3/c1-3-32-24-9-5-4-8-23(24)30-25(27(32)34)31-14-6-7-19(17-31)26(33)28-13-12-18-16-29-22-11-10-20(35-2)15-21(18)22/h4-5,8-11,15-16,19,29H,3,6-7,12-14,17H2,1-2H3,(H,28,33)/t19-/m0/s1. The quantitative estimate of drug-likeness (QED) is 0.429. The van der Waals surface area contributed by atoms with Crippen LogP contribution >= 0.6 is 0 Å². The van der Waals surface area contributed by atoms with E-state index in [1.165, 1.54) is 0 Å². The highest BCUT2D eigenvalue weighted by Crippen LogP contribution is 2.24. The molecule has 1 amide bonds. The number of hydrogen-bond donors (Lipinski definition) is 2. The first-order valence-corrected chi connectivity index (χ1v) is 12.2. The van der Waals surface area contributed by atoms with Gasteiger partial charge in [0.25, 0.3) is 5.56 Å².